The van der Waals surface area contributed by atoms with Gasteiger partial charge in [0.05, 0.1) is 37.4 Å². The maximum atomic E-state index is 15.9. The Hall–Kier alpha value is -2.04. The third kappa shape index (κ3) is 4.48. The van der Waals surface area contributed by atoms with Gasteiger partial charge in [0.25, 0.3) is 5.91 Å². The molecule has 2 aromatic carbocycles. The van der Waals surface area contributed by atoms with Crippen LogP contribution in [0.2, 0.25) is 0 Å². The lowest BCUT2D eigenvalue weighted by Gasteiger charge is -2.33. The molecule has 198 valence electrons. The van der Waals surface area contributed by atoms with Gasteiger partial charge in [-0.25, -0.2) is 4.39 Å². The molecule has 3 aliphatic rings. The van der Waals surface area contributed by atoms with Crippen molar-refractivity contribution in [3.8, 4) is 0 Å². The van der Waals surface area contributed by atoms with E-state index >= 15 is 4.39 Å². The molecule has 2 amide bonds. The van der Waals surface area contributed by atoms with Crippen molar-refractivity contribution < 1.29 is 23.8 Å². The number of rotatable bonds is 6. The number of carbonyl (C=O) groups excluding carboxylic acids is 2. The first-order valence-electron chi connectivity index (χ1n) is 13.0. The number of carbonyl (C=O) groups is 2. The normalized spacial score (nSPS) is 29.4. The molecule has 8 heteroatoms. The Morgan fingerprint density at radius 2 is 1.97 bits per heavy atom. The maximum Gasteiger partial charge on any atom is 0.264 e. The van der Waals surface area contributed by atoms with Gasteiger partial charge in [-0.1, -0.05) is 37.3 Å². The number of ether oxygens (including phenoxy) is 1. The van der Waals surface area contributed by atoms with E-state index in [-0.39, 0.29) is 30.9 Å². The lowest BCUT2D eigenvalue weighted by molar-refractivity contribution is -0.150. The van der Waals surface area contributed by atoms with Crippen molar-refractivity contribution in [2.45, 2.75) is 70.0 Å². The molecule has 6 nitrogen and oxygen atoms in total. The molecule has 2 saturated heterocycles. The number of anilines is 1. The smallest absolute Gasteiger partial charge is 0.264 e. The van der Waals surface area contributed by atoms with E-state index in [0.717, 1.165) is 33.2 Å². The van der Waals surface area contributed by atoms with E-state index in [1.54, 1.807) is 9.80 Å². The predicted molar refractivity (Wildman–Crippen MR) is 148 cm³/mol. The fourth-order valence-electron chi connectivity index (χ4n) is 6.79. The van der Waals surface area contributed by atoms with Gasteiger partial charge in [0.15, 0.2) is 5.60 Å². The second-order valence-electron chi connectivity index (χ2n) is 11.1. The lowest BCUT2D eigenvalue weighted by atomic mass is 9.71. The summed E-state index contributed by atoms with van der Waals surface area (Å²) < 4.78 is 23.5. The first-order valence-corrected chi connectivity index (χ1v) is 14.1. The number of alkyl halides is 1. The third-order valence-electron chi connectivity index (χ3n) is 8.39. The topological polar surface area (TPSA) is 70.1 Å². The number of hydrogen-bond donors (Lipinski definition) is 1. The van der Waals surface area contributed by atoms with Crippen molar-refractivity contribution in [1.82, 2.24) is 4.90 Å². The zero-order chi connectivity index (χ0) is 26.5. The number of nitrogens with zero attached hydrogens (tertiary/aromatic N) is 2. The summed E-state index contributed by atoms with van der Waals surface area (Å²) in [4.78, 5) is 31.1. The van der Waals surface area contributed by atoms with Gasteiger partial charge in [0.2, 0.25) is 5.91 Å². The van der Waals surface area contributed by atoms with Crippen molar-refractivity contribution in [3.63, 3.8) is 0 Å². The van der Waals surface area contributed by atoms with Crippen LogP contribution in [-0.4, -0.2) is 52.8 Å². The summed E-state index contributed by atoms with van der Waals surface area (Å²) in [7, 11) is 0. The van der Waals surface area contributed by atoms with E-state index in [1.807, 2.05) is 55.5 Å². The minimum Gasteiger partial charge on any atom is -0.394 e. The lowest BCUT2D eigenvalue weighted by Crippen LogP contribution is -2.45. The molecule has 5 atom stereocenters. The number of amides is 2. The number of hydrogen-bond acceptors (Lipinski definition) is 4. The molecule has 0 unspecified atom stereocenters. The molecule has 2 aromatic rings. The Labute approximate surface area is 231 Å². The van der Waals surface area contributed by atoms with Crippen molar-refractivity contribution in [2.75, 3.05) is 18.1 Å². The second kappa shape index (κ2) is 9.93. The average molecular weight is 621 g/mol. The van der Waals surface area contributed by atoms with Crippen LogP contribution in [0, 0.1) is 15.4 Å². The van der Waals surface area contributed by atoms with E-state index in [2.05, 4.69) is 22.6 Å². The van der Waals surface area contributed by atoms with Crippen molar-refractivity contribution in [1.29, 1.82) is 0 Å². The molecule has 1 spiro atoms. The molecule has 37 heavy (non-hydrogen) atoms. The molecule has 0 saturated carbocycles. The molecule has 0 radical (unpaired) electrons. The Kier molecular flexibility index (Phi) is 7.13. The molecule has 3 aliphatic heterocycles. The fourth-order valence-corrected chi connectivity index (χ4v) is 7.28. The number of likely N-dealkylation sites (tertiary alicyclic amines) is 1. The molecule has 5 rings (SSSR count). The number of benzene rings is 2. The van der Waals surface area contributed by atoms with Gasteiger partial charge in [0, 0.05) is 27.5 Å². The van der Waals surface area contributed by atoms with Crippen LogP contribution in [0.15, 0.2) is 48.5 Å². The summed E-state index contributed by atoms with van der Waals surface area (Å²) in [5, 5.41) is 9.72. The summed E-state index contributed by atoms with van der Waals surface area (Å²) in [6, 6.07) is 15.4. The highest BCUT2D eigenvalue weighted by Crippen LogP contribution is 2.58. The van der Waals surface area contributed by atoms with Crippen LogP contribution in [0.1, 0.15) is 51.2 Å². The molecule has 0 bridgehead atoms. The zero-order valence-electron chi connectivity index (χ0n) is 21.5. The van der Waals surface area contributed by atoms with Gasteiger partial charge in [-0.2, -0.15) is 0 Å². The van der Waals surface area contributed by atoms with Crippen LogP contribution in [-0.2, 0) is 26.5 Å². The van der Waals surface area contributed by atoms with E-state index in [0.29, 0.717) is 13.1 Å². The zero-order valence-corrected chi connectivity index (χ0v) is 23.7. The minimum absolute atomic E-state index is 0.0220. The van der Waals surface area contributed by atoms with E-state index < -0.39 is 29.2 Å². The standard InChI is InChI=1S/C29H34FIN2O4/c1-18-26(28(2,3)30)24(15-25(35)32-13-7-10-21(32)17-34)37-29(18)22-14-20(31)11-12-23(22)33(27(29)36)16-19-8-5-4-6-9-19/h4-6,8-9,11-12,14,18,21,24,26,34H,7,10,13,15-17H2,1-3H3/t18-,21+,24+,26-,29+/m1/s1. The van der Waals surface area contributed by atoms with Crippen LogP contribution < -0.4 is 4.90 Å². The van der Waals surface area contributed by atoms with Crippen molar-refractivity contribution in [3.05, 3.63) is 63.2 Å². The first-order chi connectivity index (χ1) is 17.6. The minimum atomic E-state index is -1.68. The van der Waals surface area contributed by atoms with Crippen molar-refractivity contribution >= 4 is 40.1 Å². The molecule has 0 aromatic heterocycles. The number of aliphatic hydroxyl groups excluding tert-OH is 1. The van der Waals surface area contributed by atoms with E-state index in [4.69, 9.17) is 4.74 Å². The maximum absolute atomic E-state index is 15.9. The van der Waals surface area contributed by atoms with Crippen molar-refractivity contribution in [2.24, 2.45) is 11.8 Å². The molecule has 1 N–H and O–H groups in total. The quantitative estimate of drug-likeness (QED) is 0.472. The number of aliphatic hydroxyl groups is 1. The van der Waals surface area contributed by atoms with Crippen LogP contribution in [0.4, 0.5) is 10.1 Å². The van der Waals surface area contributed by atoms with Gasteiger partial charge in [0.1, 0.15) is 5.67 Å². The van der Waals surface area contributed by atoms with Crippen LogP contribution in [0.25, 0.3) is 0 Å². The molecule has 0 aliphatic carbocycles. The van der Waals surface area contributed by atoms with Crippen LogP contribution in [0.5, 0.6) is 0 Å². The van der Waals surface area contributed by atoms with Gasteiger partial charge in [-0.05, 0) is 73.0 Å². The monoisotopic (exact) mass is 620 g/mol. The Bertz CT molecular complexity index is 1190. The van der Waals surface area contributed by atoms with E-state index in [9.17, 15) is 14.7 Å². The highest BCUT2D eigenvalue weighted by atomic mass is 127. The van der Waals surface area contributed by atoms with Crippen LogP contribution >= 0.6 is 22.6 Å². The van der Waals surface area contributed by atoms with E-state index in [1.165, 1.54) is 13.8 Å². The first kappa shape index (κ1) is 26.6. The van der Waals surface area contributed by atoms with Gasteiger partial charge >= 0.3 is 0 Å². The third-order valence-corrected chi connectivity index (χ3v) is 9.06. The predicted octanol–water partition coefficient (Wildman–Crippen LogP) is 4.81. The molecule has 2 fully saturated rings. The van der Waals surface area contributed by atoms with Crippen LogP contribution in [0.3, 0.4) is 0 Å². The summed E-state index contributed by atoms with van der Waals surface area (Å²) in [5.74, 6) is -1.53. The highest BCUT2D eigenvalue weighted by molar-refractivity contribution is 14.1. The van der Waals surface area contributed by atoms with Gasteiger partial charge in [-0.3, -0.25) is 9.59 Å². The summed E-state index contributed by atoms with van der Waals surface area (Å²) >= 11 is 2.22. The summed E-state index contributed by atoms with van der Waals surface area (Å²) in [6.07, 6.45) is 0.796. The Balaban J connectivity index is 1.54. The van der Waals surface area contributed by atoms with Gasteiger partial charge in [-0.15, -0.1) is 0 Å². The number of fused-ring (bicyclic) bond motifs is 2. The second-order valence-corrected chi connectivity index (χ2v) is 12.3. The Morgan fingerprint density at radius 1 is 1.24 bits per heavy atom. The average Bonchev–Trinajstić information content (AvgIpc) is 3.50. The summed E-state index contributed by atoms with van der Waals surface area (Å²) in [6.45, 7) is 5.77. The molecular weight excluding hydrogens is 586 g/mol. The number of halogens is 2. The highest BCUT2D eigenvalue weighted by Gasteiger charge is 2.66. The summed E-state index contributed by atoms with van der Waals surface area (Å²) in [5.41, 5.74) is -0.549. The Morgan fingerprint density at radius 3 is 2.65 bits per heavy atom. The SMILES string of the molecule is C[C@@H]1[C@@H](C(C)(C)F)[C@H](CC(=O)N2CCC[C@H]2CO)O[C@@]12C(=O)N(Cc1ccccc1)c1ccc(I)cc12. The molecular formula is C29H34FIN2O4. The largest absolute Gasteiger partial charge is 0.394 e. The fraction of sp³-hybridized carbons (Fsp3) is 0.517. The molecule has 3 heterocycles. The van der Waals surface area contributed by atoms with Gasteiger partial charge < -0.3 is 19.6 Å².